The van der Waals surface area contributed by atoms with Gasteiger partial charge in [0.2, 0.25) is 5.82 Å². The highest BCUT2D eigenvalue weighted by atomic mass is 19.4. The summed E-state index contributed by atoms with van der Waals surface area (Å²) in [5, 5.41) is 16.3. The van der Waals surface area contributed by atoms with Crippen molar-refractivity contribution in [1.29, 1.82) is 5.41 Å². The maximum atomic E-state index is 12.6. The molecule has 3 rings (SSSR count). The first-order valence-corrected chi connectivity index (χ1v) is 6.97. The molecule has 0 fully saturated rings. The molecule has 3 aromatic rings. The first-order valence-electron chi connectivity index (χ1n) is 6.97. The van der Waals surface area contributed by atoms with Crippen LogP contribution < -0.4 is 5.32 Å². The van der Waals surface area contributed by atoms with Gasteiger partial charge in [-0.3, -0.25) is 10.5 Å². The quantitative estimate of drug-likeness (QED) is 0.608. The minimum Gasteiger partial charge on any atom is -0.365 e. The Morgan fingerprint density at radius 1 is 1.24 bits per heavy atom. The van der Waals surface area contributed by atoms with Crippen LogP contribution >= 0.6 is 0 Å². The summed E-state index contributed by atoms with van der Waals surface area (Å²) in [7, 11) is 0. The highest BCUT2D eigenvalue weighted by Gasteiger charge is 2.35. The van der Waals surface area contributed by atoms with E-state index >= 15 is 0 Å². The standard InChI is InChI=1S/C14H11F3N8/c15-14(16,17)13-23-12(24-25-13)10(18)9-2-1-3-21-11(9)22-6-8-4-19-7-20-5-8/h1-5,7,18H,6H2,(H,21,22)(H,23,24,25). The van der Waals surface area contributed by atoms with E-state index in [1.165, 1.54) is 12.5 Å². The molecular formula is C14H11F3N8. The number of nitrogens with one attached hydrogen (secondary N) is 3. The summed E-state index contributed by atoms with van der Waals surface area (Å²) in [6.07, 6.45) is 1.46. The molecule has 25 heavy (non-hydrogen) atoms. The van der Waals surface area contributed by atoms with Gasteiger partial charge in [-0.1, -0.05) is 0 Å². The first kappa shape index (κ1) is 16.5. The fourth-order valence-corrected chi connectivity index (χ4v) is 1.98. The molecule has 3 aromatic heterocycles. The van der Waals surface area contributed by atoms with Gasteiger partial charge in [0.1, 0.15) is 17.9 Å². The van der Waals surface area contributed by atoms with Crippen molar-refractivity contribution in [2.24, 2.45) is 0 Å². The largest absolute Gasteiger partial charge is 0.451 e. The van der Waals surface area contributed by atoms with Crippen molar-refractivity contribution in [2.75, 3.05) is 5.32 Å². The molecule has 128 valence electrons. The van der Waals surface area contributed by atoms with Crippen LogP contribution in [0.15, 0.2) is 37.1 Å². The number of alkyl halides is 3. The van der Waals surface area contributed by atoms with Crippen molar-refractivity contribution in [2.45, 2.75) is 12.7 Å². The van der Waals surface area contributed by atoms with Gasteiger partial charge < -0.3 is 5.32 Å². The van der Waals surface area contributed by atoms with Gasteiger partial charge in [0.25, 0.3) is 0 Å². The van der Waals surface area contributed by atoms with Gasteiger partial charge in [0.15, 0.2) is 5.82 Å². The number of pyridine rings is 1. The lowest BCUT2D eigenvalue weighted by molar-refractivity contribution is -0.144. The molecule has 0 atom stereocenters. The molecule has 0 aliphatic heterocycles. The molecule has 0 aliphatic carbocycles. The molecule has 0 aromatic carbocycles. The van der Waals surface area contributed by atoms with Crippen LogP contribution in [0.2, 0.25) is 0 Å². The van der Waals surface area contributed by atoms with Gasteiger partial charge in [0, 0.05) is 36.3 Å². The Kier molecular flexibility index (Phi) is 4.37. The minimum atomic E-state index is -4.66. The second kappa shape index (κ2) is 6.63. The first-order chi connectivity index (χ1) is 11.9. The summed E-state index contributed by atoms with van der Waals surface area (Å²) in [6.45, 7) is 0.333. The van der Waals surface area contributed by atoms with E-state index in [-0.39, 0.29) is 17.1 Å². The fourth-order valence-electron chi connectivity index (χ4n) is 1.98. The van der Waals surface area contributed by atoms with E-state index in [1.54, 1.807) is 29.6 Å². The highest BCUT2D eigenvalue weighted by Crippen LogP contribution is 2.26. The van der Waals surface area contributed by atoms with Crippen molar-refractivity contribution in [3.05, 3.63) is 59.8 Å². The fraction of sp³-hybridized carbons (Fsp3) is 0.143. The van der Waals surface area contributed by atoms with E-state index in [2.05, 4.69) is 30.4 Å². The summed E-state index contributed by atoms with van der Waals surface area (Å²) < 4.78 is 37.8. The molecule has 0 amide bonds. The summed E-state index contributed by atoms with van der Waals surface area (Å²) >= 11 is 0. The molecule has 0 spiro atoms. The van der Waals surface area contributed by atoms with Crippen LogP contribution in [0.1, 0.15) is 22.8 Å². The zero-order chi connectivity index (χ0) is 17.9. The minimum absolute atomic E-state index is 0.270. The number of anilines is 1. The molecular weight excluding hydrogens is 337 g/mol. The average molecular weight is 348 g/mol. The number of hydrogen-bond donors (Lipinski definition) is 3. The molecule has 3 N–H and O–H groups in total. The number of aromatic nitrogens is 6. The number of aromatic amines is 1. The number of rotatable bonds is 5. The maximum absolute atomic E-state index is 12.6. The van der Waals surface area contributed by atoms with Gasteiger partial charge in [-0.25, -0.2) is 19.9 Å². The Labute approximate surface area is 139 Å². The summed E-state index contributed by atoms with van der Waals surface area (Å²) in [6, 6.07) is 3.11. The number of H-pyrrole nitrogens is 1. The van der Waals surface area contributed by atoms with Crippen LogP contribution in [-0.2, 0) is 12.7 Å². The van der Waals surface area contributed by atoms with Crippen molar-refractivity contribution in [3.8, 4) is 0 Å². The summed E-state index contributed by atoms with van der Waals surface area (Å²) in [5.41, 5.74) is 0.765. The van der Waals surface area contributed by atoms with Gasteiger partial charge in [-0.2, -0.15) is 18.3 Å². The van der Waals surface area contributed by atoms with E-state index in [1.807, 2.05) is 0 Å². The lowest BCUT2D eigenvalue weighted by Gasteiger charge is -2.10. The van der Waals surface area contributed by atoms with E-state index in [4.69, 9.17) is 5.41 Å². The summed E-state index contributed by atoms with van der Waals surface area (Å²) in [4.78, 5) is 15.2. The zero-order valence-electron chi connectivity index (χ0n) is 12.5. The van der Waals surface area contributed by atoms with Gasteiger partial charge in [-0.05, 0) is 12.1 Å². The van der Waals surface area contributed by atoms with E-state index in [0.717, 1.165) is 5.56 Å². The molecule has 0 saturated heterocycles. The van der Waals surface area contributed by atoms with Crippen molar-refractivity contribution in [3.63, 3.8) is 0 Å². The average Bonchev–Trinajstić information content (AvgIpc) is 3.11. The lowest BCUT2D eigenvalue weighted by atomic mass is 10.1. The highest BCUT2D eigenvalue weighted by molar-refractivity contribution is 6.11. The van der Waals surface area contributed by atoms with Crippen molar-refractivity contribution in [1.82, 2.24) is 30.1 Å². The molecule has 0 aliphatic rings. The second-order valence-electron chi connectivity index (χ2n) is 4.88. The smallest absolute Gasteiger partial charge is 0.365 e. The second-order valence-corrected chi connectivity index (χ2v) is 4.88. The Bertz CT molecular complexity index is 875. The van der Waals surface area contributed by atoms with Crippen LogP contribution in [0.4, 0.5) is 19.0 Å². The van der Waals surface area contributed by atoms with Crippen LogP contribution in [0.5, 0.6) is 0 Å². The van der Waals surface area contributed by atoms with Gasteiger partial charge >= 0.3 is 6.18 Å². The van der Waals surface area contributed by atoms with Crippen LogP contribution in [0.3, 0.4) is 0 Å². The normalized spacial score (nSPS) is 11.3. The predicted molar refractivity (Wildman–Crippen MR) is 80.9 cm³/mol. The topological polar surface area (TPSA) is 116 Å². The van der Waals surface area contributed by atoms with E-state index < -0.39 is 12.0 Å². The molecule has 0 unspecified atom stereocenters. The molecule has 0 bridgehead atoms. The van der Waals surface area contributed by atoms with Crippen molar-refractivity contribution >= 4 is 11.5 Å². The third-order valence-electron chi connectivity index (χ3n) is 3.13. The monoisotopic (exact) mass is 348 g/mol. The Hall–Kier alpha value is -3.37. The van der Waals surface area contributed by atoms with Crippen LogP contribution in [0, 0.1) is 5.41 Å². The third kappa shape index (κ3) is 3.76. The molecule has 3 heterocycles. The SMILES string of the molecule is N=C(c1n[nH]c(C(F)(F)F)n1)c1cccnc1NCc1cncnc1. The predicted octanol–water partition coefficient (Wildman–Crippen LogP) is 2.04. The van der Waals surface area contributed by atoms with E-state index in [0.29, 0.717) is 12.4 Å². The molecule has 0 radical (unpaired) electrons. The number of nitrogens with zero attached hydrogens (tertiary/aromatic N) is 5. The Morgan fingerprint density at radius 2 is 2.00 bits per heavy atom. The lowest BCUT2D eigenvalue weighted by Crippen LogP contribution is -2.12. The van der Waals surface area contributed by atoms with E-state index in [9.17, 15) is 13.2 Å². The number of hydrogen-bond acceptors (Lipinski definition) is 7. The van der Waals surface area contributed by atoms with Crippen LogP contribution in [0.25, 0.3) is 0 Å². The summed E-state index contributed by atoms with van der Waals surface area (Å²) in [5.74, 6) is -1.31. The van der Waals surface area contributed by atoms with Crippen molar-refractivity contribution < 1.29 is 13.2 Å². The molecule has 8 nitrogen and oxygen atoms in total. The zero-order valence-corrected chi connectivity index (χ0v) is 12.5. The van der Waals surface area contributed by atoms with Gasteiger partial charge in [0.05, 0.1) is 0 Å². The third-order valence-corrected chi connectivity index (χ3v) is 3.13. The molecule has 11 heteroatoms. The Balaban J connectivity index is 1.82. The Morgan fingerprint density at radius 3 is 2.68 bits per heavy atom. The molecule has 0 saturated carbocycles. The maximum Gasteiger partial charge on any atom is 0.451 e. The van der Waals surface area contributed by atoms with Crippen LogP contribution in [-0.4, -0.2) is 35.8 Å². The van der Waals surface area contributed by atoms with Gasteiger partial charge in [-0.15, -0.1) is 0 Å². The number of halogens is 3.